The highest BCUT2D eigenvalue weighted by Crippen LogP contribution is 2.29. The Kier molecular flexibility index (Phi) is 4.38. The van der Waals surface area contributed by atoms with E-state index in [9.17, 15) is 33.9 Å². The van der Waals surface area contributed by atoms with Crippen LogP contribution in [0.1, 0.15) is 0 Å². The van der Waals surface area contributed by atoms with E-state index in [1.807, 2.05) is 0 Å². The fraction of sp³-hybridized carbons (Fsp3) is 0.455. The third kappa shape index (κ3) is 3.02. The highest BCUT2D eigenvalue weighted by Gasteiger charge is 2.52. The van der Waals surface area contributed by atoms with Gasteiger partial charge in [0.25, 0.3) is 0 Å². The van der Waals surface area contributed by atoms with Crippen molar-refractivity contribution in [1.29, 1.82) is 0 Å². The maximum atomic E-state index is 11.9. The monoisotopic (exact) mass is 328 g/mol. The molecule has 0 aliphatic carbocycles. The first kappa shape index (κ1) is 16.5. The van der Waals surface area contributed by atoms with Crippen LogP contribution in [0.4, 0.5) is 9.59 Å². The molecule has 6 N–H and O–H groups in total. The number of aliphatic hydroxyl groups is 2. The lowest BCUT2D eigenvalue weighted by molar-refractivity contribution is -0.149. The molecule has 12 nitrogen and oxygen atoms in total. The van der Waals surface area contributed by atoms with Crippen molar-refractivity contribution in [1.82, 2.24) is 21.3 Å². The number of imide groups is 4. The zero-order valence-corrected chi connectivity index (χ0v) is 11.4. The molecule has 0 aromatic carbocycles. The van der Waals surface area contributed by atoms with Gasteiger partial charge >= 0.3 is 12.1 Å². The highest BCUT2D eigenvalue weighted by molar-refractivity contribution is 6.19. The fourth-order valence-electron chi connectivity index (χ4n) is 2.52. The quantitative estimate of drug-likeness (QED) is 0.280. The predicted molar refractivity (Wildman–Crippen MR) is 66.9 cm³/mol. The number of aliphatic hydroxyl groups excluding tert-OH is 2. The molecule has 2 aliphatic rings. The Morgan fingerprint density at radius 1 is 0.739 bits per heavy atom. The first-order valence-corrected chi connectivity index (χ1v) is 6.36. The van der Waals surface area contributed by atoms with Gasteiger partial charge in [0.15, 0.2) is 0 Å². The first-order valence-electron chi connectivity index (χ1n) is 6.36. The Balaban J connectivity index is 2.41. The first-order chi connectivity index (χ1) is 10.8. The van der Waals surface area contributed by atoms with E-state index >= 15 is 0 Å². The number of hydrogen-bond acceptors (Lipinski definition) is 8. The molecule has 124 valence electrons. The van der Waals surface area contributed by atoms with Gasteiger partial charge in [0.05, 0.1) is 12.7 Å². The summed E-state index contributed by atoms with van der Waals surface area (Å²) in [5, 5.41) is 26.0. The van der Waals surface area contributed by atoms with Crippen molar-refractivity contribution in [2.75, 3.05) is 6.61 Å². The minimum Gasteiger partial charge on any atom is -0.394 e. The van der Waals surface area contributed by atoms with E-state index in [-0.39, 0.29) is 0 Å². The van der Waals surface area contributed by atoms with E-state index in [1.165, 1.54) is 0 Å². The maximum Gasteiger partial charge on any atom is 0.328 e. The third-order valence-corrected chi connectivity index (χ3v) is 3.48. The second-order valence-corrected chi connectivity index (χ2v) is 4.90. The zero-order valence-electron chi connectivity index (χ0n) is 11.4. The van der Waals surface area contributed by atoms with Gasteiger partial charge in [0.1, 0.15) is 11.8 Å². The average Bonchev–Trinajstić information content (AvgIpc) is 2.42. The Labute approximate surface area is 127 Å². The number of carbonyl (C=O) groups is 6. The molecular formula is C11H12N4O8. The number of carbonyl (C=O) groups excluding carboxylic acids is 6. The number of barbiturate groups is 2. The van der Waals surface area contributed by atoms with Crippen LogP contribution >= 0.6 is 0 Å². The van der Waals surface area contributed by atoms with Crippen LogP contribution in [0.3, 0.4) is 0 Å². The molecule has 12 heteroatoms. The minimum absolute atomic E-state index is 0.972. The number of urea groups is 2. The molecule has 2 saturated heterocycles. The van der Waals surface area contributed by atoms with Gasteiger partial charge in [0, 0.05) is 5.92 Å². The van der Waals surface area contributed by atoms with Gasteiger partial charge in [-0.3, -0.25) is 40.4 Å². The van der Waals surface area contributed by atoms with Gasteiger partial charge in [-0.15, -0.1) is 0 Å². The Hall–Kier alpha value is -2.86. The molecule has 0 unspecified atom stereocenters. The van der Waals surface area contributed by atoms with Gasteiger partial charge in [-0.2, -0.15) is 0 Å². The van der Waals surface area contributed by atoms with E-state index in [2.05, 4.69) is 0 Å². The van der Waals surface area contributed by atoms with Crippen LogP contribution in [0.5, 0.6) is 0 Å². The second kappa shape index (κ2) is 6.10. The van der Waals surface area contributed by atoms with Crippen molar-refractivity contribution in [2.24, 2.45) is 17.8 Å². The molecule has 0 bridgehead atoms. The van der Waals surface area contributed by atoms with Gasteiger partial charge in [0.2, 0.25) is 23.6 Å². The standard InChI is InChI=1S/C11H12N4O8/c16-1-2(17)3(4-6(18)12-10(22)13-7(4)19)5-8(20)14-11(23)15-9(5)21/h2-5,16-17H,1H2,(H2,12,13,18,19,22)(H2,14,15,20,21,23)/t2-/m0/s1. The maximum absolute atomic E-state index is 11.9. The molecular weight excluding hydrogens is 316 g/mol. The molecule has 0 aromatic heterocycles. The summed E-state index contributed by atoms with van der Waals surface area (Å²) < 4.78 is 0. The molecule has 2 heterocycles. The molecule has 0 spiro atoms. The normalized spacial score (nSPS) is 21.7. The fourth-order valence-corrected chi connectivity index (χ4v) is 2.52. The second-order valence-electron chi connectivity index (χ2n) is 4.90. The number of rotatable bonds is 4. The summed E-state index contributed by atoms with van der Waals surface area (Å²) in [6.07, 6.45) is -1.82. The number of nitrogens with one attached hydrogen (secondary N) is 4. The molecule has 8 amide bonds. The molecule has 1 atom stereocenters. The van der Waals surface area contributed by atoms with Crippen LogP contribution < -0.4 is 21.3 Å². The van der Waals surface area contributed by atoms with Crippen molar-refractivity contribution in [3.63, 3.8) is 0 Å². The van der Waals surface area contributed by atoms with Crippen LogP contribution in [-0.2, 0) is 19.2 Å². The van der Waals surface area contributed by atoms with Crippen molar-refractivity contribution in [3.8, 4) is 0 Å². The van der Waals surface area contributed by atoms with Crippen LogP contribution in [-0.4, -0.2) is 58.6 Å². The van der Waals surface area contributed by atoms with Crippen LogP contribution in [0.2, 0.25) is 0 Å². The third-order valence-electron chi connectivity index (χ3n) is 3.48. The molecule has 2 aliphatic heterocycles. The van der Waals surface area contributed by atoms with Crippen molar-refractivity contribution in [3.05, 3.63) is 0 Å². The summed E-state index contributed by atoms with van der Waals surface area (Å²) in [4.78, 5) is 69.6. The molecule has 0 saturated carbocycles. The van der Waals surface area contributed by atoms with Gasteiger partial charge in [-0.1, -0.05) is 0 Å². The SMILES string of the molecule is O=C1NC(=O)C(C(C2C(=O)NC(=O)NC2=O)[C@@H](O)CO)C(=O)N1. The van der Waals surface area contributed by atoms with Crippen LogP contribution in [0.25, 0.3) is 0 Å². The Morgan fingerprint density at radius 3 is 1.30 bits per heavy atom. The van der Waals surface area contributed by atoms with Crippen LogP contribution in [0, 0.1) is 17.8 Å². The highest BCUT2D eigenvalue weighted by atomic mass is 16.3. The van der Waals surface area contributed by atoms with Crippen molar-refractivity contribution in [2.45, 2.75) is 6.10 Å². The lowest BCUT2D eigenvalue weighted by atomic mass is 9.75. The topological polar surface area (TPSA) is 191 Å². The smallest absolute Gasteiger partial charge is 0.328 e. The van der Waals surface area contributed by atoms with E-state index < -0.39 is 66.2 Å². The van der Waals surface area contributed by atoms with Crippen LogP contribution in [0.15, 0.2) is 0 Å². The lowest BCUT2D eigenvalue weighted by Crippen LogP contribution is -2.65. The van der Waals surface area contributed by atoms with Gasteiger partial charge < -0.3 is 10.2 Å². The average molecular weight is 328 g/mol. The zero-order chi connectivity index (χ0) is 17.3. The molecule has 2 rings (SSSR count). The Morgan fingerprint density at radius 2 is 1.04 bits per heavy atom. The largest absolute Gasteiger partial charge is 0.394 e. The number of hydrogen-bond donors (Lipinski definition) is 6. The van der Waals surface area contributed by atoms with E-state index in [1.54, 1.807) is 21.3 Å². The summed E-state index contributed by atoms with van der Waals surface area (Å²) in [7, 11) is 0. The van der Waals surface area contributed by atoms with E-state index in [0.29, 0.717) is 0 Å². The number of amides is 8. The predicted octanol–water partition coefficient (Wildman–Crippen LogP) is -4.08. The Bertz CT molecular complexity index is 529. The molecule has 0 radical (unpaired) electrons. The minimum atomic E-state index is -1.82. The van der Waals surface area contributed by atoms with Crippen molar-refractivity contribution >= 4 is 35.7 Å². The lowest BCUT2D eigenvalue weighted by Gasteiger charge is -2.35. The molecule has 2 fully saturated rings. The summed E-state index contributed by atoms with van der Waals surface area (Å²) >= 11 is 0. The van der Waals surface area contributed by atoms with E-state index in [4.69, 9.17) is 5.11 Å². The molecule has 23 heavy (non-hydrogen) atoms. The summed E-state index contributed by atoms with van der Waals surface area (Å²) in [5.74, 6) is -9.87. The summed E-state index contributed by atoms with van der Waals surface area (Å²) in [6, 6.07) is -2.19. The van der Waals surface area contributed by atoms with E-state index in [0.717, 1.165) is 0 Å². The van der Waals surface area contributed by atoms with Gasteiger partial charge in [-0.05, 0) is 0 Å². The van der Waals surface area contributed by atoms with Gasteiger partial charge in [-0.25, -0.2) is 9.59 Å². The van der Waals surface area contributed by atoms with Crippen molar-refractivity contribution < 1.29 is 39.0 Å². The summed E-state index contributed by atoms with van der Waals surface area (Å²) in [6.45, 7) is -0.972. The molecule has 0 aromatic rings. The summed E-state index contributed by atoms with van der Waals surface area (Å²) in [5.41, 5.74) is 0.